The van der Waals surface area contributed by atoms with Crippen LogP contribution < -0.4 is 10.2 Å². The van der Waals surface area contributed by atoms with Crippen LogP contribution in [0.15, 0.2) is 30.3 Å². The molecule has 0 saturated heterocycles. The van der Waals surface area contributed by atoms with Crippen molar-refractivity contribution in [3.05, 3.63) is 47.3 Å². The molecule has 0 bridgehead atoms. The van der Waals surface area contributed by atoms with E-state index in [0.717, 1.165) is 18.2 Å². The van der Waals surface area contributed by atoms with Gasteiger partial charge in [0.15, 0.2) is 0 Å². The standard InChI is InChI=1S/C12H7FO4/c13-7-2-4-8-6(5-7)1-3-9(11(14)15)10(8)12(16)17/h1-5H,(H,14,15)(H,16,17)/p-2. The van der Waals surface area contributed by atoms with Crippen molar-refractivity contribution in [2.75, 3.05) is 0 Å². The second kappa shape index (κ2) is 3.86. The summed E-state index contributed by atoms with van der Waals surface area (Å²) in [6.07, 6.45) is 0. The van der Waals surface area contributed by atoms with Crippen molar-refractivity contribution < 1.29 is 24.2 Å². The lowest BCUT2D eigenvalue weighted by Gasteiger charge is -2.14. The maximum Gasteiger partial charge on any atom is 0.123 e. The van der Waals surface area contributed by atoms with Crippen molar-refractivity contribution in [3.8, 4) is 0 Å². The van der Waals surface area contributed by atoms with Gasteiger partial charge in [-0.05, 0) is 22.9 Å². The molecule has 0 spiro atoms. The molecule has 0 amide bonds. The fourth-order valence-electron chi connectivity index (χ4n) is 1.69. The normalized spacial score (nSPS) is 10.4. The molecule has 0 aliphatic heterocycles. The Labute approximate surface area is 94.9 Å². The molecule has 0 radical (unpaired) electrons. The molecule has 0 aliphatic carbocycles. The predicted octanol–water partition coefficient (Wildman–Crippen LogP) is -0.294. The molecular formula is C12H5FO4-2. The highest BCUT2D eigenvalue weighted by Crippen LogP contribution is 2.22. The first kappa shape index (κ1) is 11.1. The number of hydrogen-bond donors (Lipinski definition) is 0. The van der Waals surface area contributed by atoms with E-state index in [2.05, 4.69) is 0 Å². The van der Waals surface area contributed by atoms with Crippen molar-refractivity contribution >= 4 is 22.7 Å². The Morgan fingerprint density at radius 3 is 2.29 bits per heavy atom. The average Bonchev–Trinajstić information content (AvgIpc) is 2.26. The molecule has 2 aromatic rings. The second-order valence-electron chi connectivity index (χ2n) is 3.43. The molecule has 4 nitrogen and oxygen atoms in total. The van der Waals surface area contributed by atoms with Gasteiger partial charge in [0.25, 0.3) is 0 Å². The van der Waals surface area contributed by atoms with Crippen LogP contribution in [0, 0.1) is 5.82 Å². The van der Waals surface area contributed by atoms with Gasteiger partial charge in [-0.15, -0.1) is 0 Å². The minimum absolute atomic E-state index is 0.105. The zero-order valence-electron chi connectivity index (χ0n) is 8.40. The zero-order chi connectivity index (χ0) is 12.6. The van der Waals surface area contributed by atoms with Crippen molar-refractivity contribution in [1.82, 2.24) is 0 Å². The minimum atomic E-state index is -1.64. The van der Waals surface area contributed by atoms with E-state index in [-0.39, 0.29) is 10.8 Å². The molecule has 0 fully saturated rings. The lowest BCUT2D eigenvalue weighted by Crippen LogP contribution is -2.30. The van der Waals surface area contributed by atoms with Crippen LogP contribution in [0.2, 0.25) is 0 Å². The third kappa shape index (κ3) is 1.82. The number of carbonyl (C=O) groups is 2. The van der Waals surface area contributed by atoms with Gasteiger partial charge in [-0.25, -0.2) is 4.39 Å². The maximum absolute atomic E-state index is 12.9. The summed E-state index contributed by atoms with van der Waals surface area (Å²) in [7, 11) is 0. The third-order valence-electron chi connectivity index (χ3n) is 2.41. The maximum atomic E-state index is 12.9. The molecule has 0 atom stereocenters. The highest BCUT2D eigenvalue weighted by atomic mass is 19.1. The molecule has 17 heavy (non-hydrogen) atoms. The number of carboxylic acid groups (broad SMARTS) is 2. The Kier molecular flexibility index (Phi) is 2.51. The molecule has 0 heterocycles. The lowest BCUT2D eigenvalue weighted by atomic mass is 9.99. The van der Waals surface area contributed by atoms with E-state index in [0.29, 0.717) is 0 Å². The van der Waals surface area contributed by atoms with Gasteiger partial charge >= 0.3 is 0 Å². The van der Waals surface area contributed by atoms with E-state index in [4.69, 9.17) is 0 Å². The first-order valence-electron chi connectivity index (χ1n) is 4.65. The van der Waals surface area contributed by atoms with Gasteiger partial charge in [-0.1, -0.05) is 18.2 Å². The largest absolute Gasteiger partial charge is 0.545 e. The SMILES string of the molecule is O=C([O-])c1ccc2cc(F)ccc2c1C(=O)[O-]. The van der Waals surface area contributed by atoms with Gasteiger partial charge in [-0.2, -0.15) is 0 Å². The molecule has 0 N–H and O–H groups in total. The highest BCUT2D eigenvalue weighted by molar-refractivity contribution is 6.10. The minimum Gasteiger partial charge on any atom is -0.545 e. The van der Waals surface area contributed by atoms with E-state index < -0.39 is 28.9 Å². The smallest absolute Gasteiger partial charge is 0.123 e. The molecular weight excluding hydrogens is 227 g/mol. The fraction of sp³-hybridized carbons (Fsp3) is 0. The quantitative estimate of drug-likeness (QED) is 0.712. The van der Waals surface area contributed by atoms with E-state index in [1.165, 1.54) is 12.1 Å². The summed E-state index contributed by atoms with van der Waals surface area (Å²) in [4.78, 5) is 21.7. The van der Waals surface area contributed by atoms with E-state index in [1.807, 2.05) is 0 Å². The molecule has 2 rings (SSSR count). The Morgan fingerprint density at radius 1 is 1.00 bits per heavy atom. The number of carbonyl (C=O) groups excluding carboxylic acids is 2. The number of benzene rings is 2. The van der Waals surface area contributed by atoms with Crippen LogP contribution in [-0.2, 0) is 0 Å². The van der Waals surface area contributed by atoms with Crippen molar-refractivity contribution in [2.24, 2.45) is 0 Å². The summed E-state index contributed by atoms with van der Waals surface area (Å²) in [5, 5.41) is 22.1. The number of aromatic carboxylic acids is 2. The first-order valence-corrected chi connectivity index (χ1v) is 4.65. The van der Waals surface area contributed by atoms with E-state index in [1.54, 1.807) is 0 Å². The summed E-state index contributed by atoms with van der Waals surface area (Å²) in [5.41, 5.74) is -0.980. The van der Waals surface area contributed by atoms with Crippen LogP contribution >= 0.6 is 0 Å². The van der Waals surface area contributed by atoms with Gasteiger partial charge in [0.2, 0.25) is 0 Å². The van der Waals surface area contributed by atoms with Crippen molar-refractivity contribution in [3.63, 3.8) is 0 Å². The topological polar surface area (TPSA) is 80.3 Å². The van der Waals surface area contributed by atoms with Crippen LogP contribution in [0.25, 0.3) is 10.8 Å². The Hall–Kier alpha value is -2.43. The van der Waals surface area contributed by atoms with Crippen LogP contribution in [0.5, 0.6) is 0 Å². The van der Waals surface area contributed by atoms with Gasteiger partial charge < -0.3 is 19.8 Å². The molecule has 0 unspecified atom stereocenters. The van der Waals surface area contributed by atoms with Crippen LogP contribution in [0.3, 0.4) is 0 Å². The van der Waals surface area contributed by atoms with Gasteiger partial charge in [0.05, 0.1) is 11.9 Å². The summed E-state index contributed by atoms with van der Waals surface area (Å²) < 4.78 is 12.9. The second-order valence-corrected chi connectivity index (χ2v) is 3.43. The third-order valence-corrected chi connectivity index (χ3v) is 2.41. The summed E-state index contributed by atoms with van der Waals surface area (Å²) >= 11 is 0. The predicted molar refractivity (Wildman–Crippen MR) is 52.6 cm³/mol. The number of hydrogen-bond acceptors (Lipinski definition) is 4. The van der Waals surface area contributed by atoms with Crippen molar-refractivity contribution in [1.29, 1.82) is 0 Å². The van der Waals surface area contributed by atoms with Crippen LogP contribution in [0.1, 0.15) is 20.7 Å². The Balaban J connectivity index is 2.89. The van der Waals surface area contributed by atoms with Crippen molar-refractivity contribution in [2.45, 2.75) is 0 Å². The van der Waals surface area contributed by atoms with E-state index in [9.17, 15) is 24.2 Å². The highest BCUT2D eigenvalue weighted by Gasteiger charge is 2.10. The van der Waals surface area contributed by atoms with Gasteiger partial charge in [-0.3, -0.25) is 0 Å². The molecule has 0 saturated carbocycles. The number of halogens is 1. The molecule has 0 aliphatic rings. The first-order chi connectivity index (χ1) is 8.00. The lowest BCUT2D eigenvalue weighted by molar-refractivity contribution is -0.259. The zero-order valence-corrected chi connectivity index (χ0v) is 8.40. The van der Waals surface area contributed by atoms with Crippen LogP contribution in [0.4, 0.5) is 4.39 Å². The number of rotatable bonds is 2. The molecule has 5 heteroatoms. The van der Waals surface area contributed by atoms with Gasteiger partial charge in [0, 0.05) is 11.1 Å². The van der Waals surface area contributed by atoms with E-state index >= 15 is 0 Å². The Morgan fingerprint density at radius 2 is 1.71 bits per heavy atom. The summed E-state index contributed by atoms with van der Waals surface area (Å²) in [5.74, 6) is -3.79. The average molecular weight is 232 g/mol. The number of carboxylic acids is 2. The molecule has 2 aromatic carbocycles. The monoisotopic (exact) mass is 232 g/mol. The van der Waals surface area contributed by atoms with Crippen LogP contribution in [-0.4, -0.2) is 11.9 Å². The number of fused-ring (bicyclic) bond motifs is 1. The van der Waals surface area contributed by atoms with Gasteiger partial charge in [0.1, 0.15) is 5.82 Å². The molecule has 0 aromatic heterocycles. The summed E-state index contributed by atoms with van der Waals surface area (Å²) in [6.45, 7) is 0. The summed E-state index contributed by atoms with van der Waals surface area (Å²) in [6, 6.07) is 5.73. The fourth-order valence-corrected chi connectivity index (χ4v) is 1.69. The molecule has 86 valence electrons. The Bertz CT molecular complexity index is 634.